The first-order chi connectivity index (χ1) is 7.11. The molecule has 3 nitrogen and oxygen atoms in total. The fraction of sp³-hybridized carbons (Fsp3) is 0.455. The molecule has 1 aromatic carbocycles. The summed E-state index contributed by atoms with van der Waals surface area (Å²) in [6.07, 6.45) is 0.637. The highest BCUT2D eigenvalue weighted by atomic mass is 32.2. The fourth-order valence-corrected chi connectivity index (χ4v) is 3.02. The molecule has 0 N–H and O–H groups in total. The van der Waals surface area contributed by atoms with E-state index in [0.29, 0.717) is 18.7 Å². The summed E-state index contributed by atoms with van der Waals surface area (Å²) >= 11 is 0. The summed E-state index contributed by atoms with van der Waals surface area (Å²) in [5.41, 5.74) is 0.713. The van der Waals surface area contributed by atoms with E-state index < -0.39 is 10.0 Å². The van der Waals surface area contributed by atoms with Gasteiger partial charge in [-0.1, -0.05) is 19.1 Å². The van der Waals surface area contributed by atoms with Crippen LogP contribution >= 0.6 is 0 Å². The highest BCUT2D eigenvalue weighted by Gasteiger charge is 2.19. The molecule has 0 bridgehead atoms. The second kappa shape index (κ2) is 5.16. The van der Waals surface area contributed by atoms with E-state index in [2.05, 4.69) is 6.07 Å². The molecular formula is C11H16NO2S. The Morgan fingerprint density at radius 2 is 1.87 bits per heavy atom. The standard InChI is InChI=1S/C11H16NO2S/c1-3-10-15(13,14)12(4-2)11-8-6-5-7-9-11/h6-9H,3-4,10H2,1-2H3. The van der Waals surface area contributed by atoms with Crippen molar-refractivity contribution in [3.05, 3.63) is 30.3 Å². The zero-order valence-corrected chi connectivity index (χ0v) is 9.92. The van der Waals surface area contributed by atoms with Gasteiger partial charge in [0.2, 0.25) is 10.0 Å². The van der Waals surface area contributed by atoms with Crippen molar-refractivity contribution in [2.45, 2.75) is 20.3 Å². The maximum Gasteiger partial charge on any atom is 0.235 e. The van der Waals surface area contributed by atoms with E-state index in [9.17, 15) is 8.42 Å². The molecule has 15 heavy (non-hydrogen) atoms. The number of hydrogen-bond acceptors (Lipinski definition) is 2. The molecule has 0 aliphatic rings. The van der Waals surface area contributed by atoms with Crippen LogP contribution in [0.3, 0.4) is 0 Å². The Kier molecular flexibility index (Phi) is 4.15. The normalized spacial score (nSPS) is 11.3. The molecule has 1 radical (unpaired) electrons. The minimum Gasteiger partial charge on any atom is -0.271 e. The lowest BCUT2D eigenvalue weighted by molar-refractivity contribution is 0.590. The van der Waals surface area contributed by atoms with E-state index in [4.69, 9.17) is 0 Å². The van der Waals surface area contributed by atoms with Crippen LogP contribution in [0.2, 0.25) is 0 Å². The van der Waals surface area contributed by atoms with Crippen molar-refractivity contribution in [2.24, 2.45) is 0 Å². The Bertz CT molecular complexity index is 386. The molecule has 83 valence electrons. The van der Waals surface area contributed by atoms with Crippen LogP contribution in [0.25, 0.3) is 0 Å². The van der Waals surface area contributed by atoms with Gasteiger partial charge in [0.05, 0.1) is 11.4 Å². The van der Waals surface area contributed by atoms with Crippen LogP contribution in [-0.4, -0.2) is 20.7 Å². The van der Waals surface area contributed by atoms with Crippen LogP contribution in [0.5, 0.6) is 0 Å². The summed E-state index contributed by atoms with van der Waals surface area (Å²) in [7, 11) is -3.16. The Balaban J connectivity index is 3.00. The molecule has 0 saturated heterocycles. The zero-order chi connectivity index (χ0) is 11.3. The molecule has 0 spiro atoms. The van der Waals surface area contributed by atoms with Crippen LogP contribution in [-0.2, 0) is 10.0 Å². The topological polar surface area (TPSA) is 37.4 Å². The predicted molar refractivity (Wildman–Crippen MR) is 62.4 cm³/mol. The Labute approximate surface area is 91.8 Å². The molecule has 0 aromatic heterocycles. The number of sulfonamides is 1. The Hall–Kier alpha value is -1.03. The molecule has 0 aliphatic carbocycles. The maximum atomic E-state index is 11.9. The van der Waals surface area contributed by atoms with Crippen molar-refractivity contribution in [2.75, 3.05) is 16.6 Å². The van der Waals surface area contributed by atoms with Gasteiger partial charge in [-0.15, -0.1) is 0 Å². The number of nitrogens with zero attached hydrogens (tertiary/aromatic N) is 1. The first-order valence-electron chi connectivity index (χ1n) is 5.08. The van der Waals surface area contributed by atoms with Gasteiger partial charge in [-0.25, -0.2) is 8.42 Å². The lowest BCUT2D eigenvalue weighted by Gasteiger charge is -2.22. The molecule has 0 unspecified atom stereocenters. The summed E-state index contributed by atoms with van der Waals surface area (Å²) in [6.45, 7) is 4.17. The highest BCUT2D eigenvalue weighted by molar-refractivity contribution is 7.92. The third-order valence-corrected chi connectivity index (χ3v) is 4.14. The van der Waals surface area contributed by atoms with E-state index in [1.165, 1.54) is 4.31 Å². The zero-order valence-electron chi connectivity index (χ0n) is 9.10. The summed E-state index contributed by atoms with van der Waals surface area (Å²) in [5, 5.41) is 0. The van der Waals surface area contributed by atoms with E-state index in [1.54, 1.807) is 24.3 Å². The highest BCUT2D eigenvalue weighted by Crippen LogP contribution is 2.17. The number of anilines is 1. The molecule has 0 fully saturated rings. The third-order valence-electron chi connectivity index (χ3n) is 2.07. The monoisotopic (exact) mass is 226 g/mol. The maximum absolute atomic E-state index is 11.9. The molecule has 1 rings (SSSR count). The molecular weight excluding hydrogens is 210 g/mol. The third kappa shape index (κ3) is 2.96. The quantitative estimate of drug-likeness (QED) is 0.770. The van der Waals surface area contributed by atoms with Gasteiger partial charge in [0, 0.05) is 6.54 Å². The van der Waals surface area contributed by atoms with Crippen LogP contribution in [0, 0.1) is 6.07 Å². The average molecular weight is 226 g/mol. The van der Waals surface area contributed by atoms with E-state index >= 15 is 0 Å². The van der Waals surface area contributed by atoms with Gasteiger partial charge in [-0.3, -0.25) is 4.31 Å². The number of rotatable bonds is 5. The number of hydrogen-bond donors (Lipinski definition) is 0. The van der Waals surface area contributed by atoms with E-state index in [-0.39, 0.29) is 5.75 Å². The van der Waals surface area contributed by atoms with Gasteiger partial charge in [0.1, 0.15) is 0 Å². The van der Waals surface area contributed by atoms with Crippen LogP contribution in [0.4, 0.5) is 5.69 Å². The lowest BCUT2D eigenvalue weighted by atomic mass is 10.3. The molecule has 1 aromatic rings. The SMILES string of the molecule is CCCS(=O)(=O)N(CC)c1cc[c]cc1. The van der Waals surface area contributed by atoms with Crippen molar-refractivity contribution in [1.82, 2.24) is 0 Å². The van der Waals surface area contributed by atoms with Crippen molar-refractivity contribution in [3.8, 4) is 0 Å². The predicted octanol–water partition coefficient (Wildman–Crippen LogP) is 2.05. The summed E-state index contributed by atoms with van der Waals surface area (Å²) in [5.74, 6) is 0.194. The first-order valence-corrected chi connectivity index (χ1v) is 6.69. The molecule has 0 amide bonds. The first kappa shape index (κ1) is 12.0. The lowest BCUT2D eigenvalue weighted by Crippen LogP contribution is -2.32. The van der Waals surface area contributed by atoms with Gasteiger partial charge in [-0.2, -0.15) is 0 Å². The van der Waals surface area contributed by atoms with Crippen molar-refractivity contribution in [3.63, 3.8) is 0 Å². The Morgan fingerprint density at radius 1 is 1.27 bits per heavy atom. The van der Waals surface area contributed by atoms with Gasteiger partial charge in [0.25, 0.3) is 0 Å². The van der Waals surface area contributed by atoms with E-state index in [1.807, 2.05) is 13.8 Å². The minimum atomic E-state index is -3.16. The molecule has 0 heterocycles. The minimum absolute atomic E-state index is 0.194. The average Bonchev–Trinajstić information content (AvgIpc) is 2.19. The molecule has 0 atom stereocenters. The summed E-state index contributed by atoms with van der Waals surface area (Å²) in [4.78, 5) is 0. The largest absolute Gasteiger partial charge is 0.271 e. The van der Waals surface area contributed by atoms with Crippen molar-refractivity contribution in [1.29, 1.82) is 0 Å². The second-order valence-corrected chi connectivity index (χ2v) is 5.25. The summed E-state index contributed by atoms with van der Waals surface area (Å²) < 4.78 is 25.2. The molecule has 0 saturated carbocycles. The van der Waals surface area contributed by atoms with Crippen LogP contribution in [0.15, 0.2) is 24.3 Å². The summed E-state index contributed by atoms with van der Waals surface area (Å²) in [6, 6.07) is 9.84. The van der Waals surface area contributed by atoms with Crippen LogP contribution < -0.4 is 4.31 Å². The number of benzene rings is 1. The van der Waals surface area contributed by atoms with E-state index in [0.717, 1.165) is 0 Å². The second-order valence-electron chi connectivity index (χ2n) is 3.24. The van der Waals surface area contributed by atoms with Crippen LogP contribution in [0.1, 0.15) is 20.3 Å². The Morgan fingerprint density at radius 3 is 2.33 bits per heavy atom. The van der Waals surface area contributed by atoms with Crippen molar-refractivity contribution >= 4 is 15.7 Å². The molecule has 4 heteroatoms. The smallest absolute Gasteiger partial charge is 0.235 e. The van der Waals surface area contributed by atoms with Crippen molar-refractivity contribution < 1.29 is 8.42 Å². The van der Waals surface area contributed by atoms with Gasteiger partial charge in [-0.05, 0) is 31.5 Å². The van der Waals surface area contributed by atoms with Gasteiger partial charge in [0.15, 0.2) is 0 Å². The van der Waals surface area contributed by atoms with Gasteiger partial charge >= 0.3 is 0 Å². The van der Waals surface area contributed by atoms with Gasteiger partial charge < -0.3 is 0 Å². The fourth-order valence-electron chi connectivity index (χ4n) is 1.45. The molecule has 0 aliphatic heterocycles.